The first-order valence-corrected chi connectivity index (χ1v) is 8.99. The second-order valence-electron chi connectivity index (χ2n) is 6.39. The van der Waals surface area contributed by atoms with Crippen LogP contribution in [-0.4, -0.2) is 38.7 Å². The number of hydrogen-bond donors (Lipinski definition) is 1. The lowest BCUT2D eigenvalue weighted by Gasteiger charge is -2.13. The summed E-state index contributed by atoms with van der Waals surface area (Å²) in [6.45, 7) is 0.0442. The molecule has 1 aromatic heterocycles. The van der Waals surface area contributed by atoms with Crippen LogP contribution in [0.4, 0.5) is 4.39 Å². The molecule has 154 valence electrons. The predicted octanol–water partition coefficient (Wildman–Crippen LogP) is 1.91. The zero-order valence-corrected chi connectivity index (χ0v) is 15.7. The first kappa shape index (κ1) is 19.8. The molecule has 0 fully saturated rings. The number of aromatic nitrogens is 2. The van der Waals surface area contributed by atoms with Gasteiger partial charge in [-0.25, -0.2) is 19.2 Å². The fourth-order valence-electron chi connectivity index (χ4n) is 2.90. The first-order valence-electron chi connectivity index (χ1n) is 8.99. The molecule has 1 aliphatic heterocycles. The lowest BCUT2D eigenvalue weighted by atomic mass is 10.1. The van der Waals surface area contributed by atoms with E-state index in [2.05, 4.69) is 15.3 Å². The van der Waals surface area contributed by atoms with Gasteiger partial charge in [-0.1, -0.05) is 29.3 Å². The lowest BCUT2D eigenvalue weighted by molar-refractivity contribution is -0.0589. The Morgan fingerprint density at radius 2 is 1.48 bits per heavy atom. The van der Waals surface area contributed by atoms with Gasteiger partial charge in [0.25, 0.3) is 17.7 Å². The summed E-state index contributed by atoms with van der Waals surface area (Å²) >= 11 is 0. The topological polar surface area (TPSA) is 119 Å². The summed E-state index contributed by atoms with van der Waals surface area (Å²) in [4.78, 5) is 62.4. The van der Waals surface area contributed by atoms with Gasteiger partial charge in [0, 0.05) is 18.9 Å². The van der Waals surface area contributed by atoms with Gasteiger partial charge in [-0.15, -0.1) is 0 Å². The van der Waals surface area contributed by atoms with Crippen LogP contribution in [0, 0.1) is 5.82 Å². The molecule has 3 aromatic rings. The van der Waals surface area contributed by atoms with Gasteiger partial charge in [0.15, 0.2) is 11.4 Å². The summed E-state index contributed by atoms with van der Waals surface area (Å²) in [7, 11) is 0. The van der Waals surface area contributed by atoms with Crippen molar-refractivity contribution < 1.29 is 28.4 Å². The van der Waals surface area contributed by atoms with Crippen LogP contribution in [0.2, 0.25) is 0 Å². The van der Waals surface area contributed by atoms with E-state index >= 15 is 0 Å². The zero-order valence-electron chi connectivity index (χ0n) is 15.7. The summed E-state index contributed by atoms with van der Waals surface area (Å²) in [5, 5.41) is 2.86. The van der Waals surface area contributed by atoms with Crippen molar-refractivity contribution in [3.63, 3.8) is 0 Å². The molecule has 0 saturated carbocycles. The van der Waals surface area contributed by atoms with Crippen LogP contribution in [0.15, 0.2) is 60.9 Å². The number of nitrogens with zero attached hydrogens (tertiary/aromatic N) is 3. The molecule has 4 rings (SSSR count). The molecule has 9 nitrogen and oxygen atoms in total. The highest BCUT2D eigenvalue weighted by atomic mass is 19.1. The molecule has 2 aromatic carbocycles. The first-order chi connectivity index (χ1) is 15.0. The molecule has 31 heavy (non-hydrogen) atoms. The Kier molecular flexibility index (Phi) is 5.19. The van der Waals surface area contributed by atoms with E-state index < -0.39 is 35.2 Å². The Hall–Kier alpha value is -4.47. The van der Waals surface area contributed by atoms with Crippen LogP contribution in [0.5, 0.6) is 0 Å². The van der Waals surface area contributed by atoms with Crippen LogP contribution in [-0.2, 0) is 11.4 Å². The number of benzene rings is 2. The maximum Gasteiger partial charge on any atom is 0.384 e. The van der Waals surface area contributed by atoms with E-state index in [0.29, 0.717) is 10.6 Å². The Morgan fingerprint density at radius 3 is 2.10 bits per heavy atom. The highest BCUT2D eigenvalue weighted by molar-refractivity contribution is 6.21. The molecule has 1 N–H and O–H groups in total. The number of halogens is 1. The van der Waals surface area contributed by atoms with Gasteiger partial charge in [-0.2, -0.15) is 0 Å². The summed E-state index contributed by atoms with van der Waals surface area (Å²) in [6.07, 6.45) is 2.36. The third-order valence-electron chi connectivity index (χ3n) is 4.40. The molecule has 0 radical (unpaired) electrons. The Bertz CT molecular complexity index is 1180. The third kappa shape index (κ3) is 3.86. The molecule has 10 heteroatoms. The molecule has 1 aliphatic rings. The van der Waals surface area contributed by atoms with E-state index in [4.69, 9.17) is 4.84 Å². The molecule has 0 saturated heterocycles. The van der Waals surface area contributed by atoms with Crippen molar-refractivity contribution in [2.75, 3.05) is 0 Å². The van der Waals surface area contributed by atoms with Crippen molar-refractivity contribution in [2.45, 2.75) is 6.54 Å². The molecule has 2 heterocycles. The summed E-state index contributed by atoms with van der Waals surface area (Å²) in [6, 6.07) is 11.5. The highest BCUT2D eigenvalue weighted by Crippen LogP contribution is 2.23. The Morgan fingerprint density at radius 1 is 0.903 bits per heavy atom. The van der Waals surface area contributed by atoms with Gasteiger partial charge in [-0.05, 0) is 29.8 Å². The number of carbonyl (C=O) groups is 4. The molecule has 0 unspecified atom stereocenters. The normalized spacial score (nSPS) is 12.5. The van der Waals surface area contributed by atoms with E-state index in [-0.39, 0.29) is 23.4 Å². The summed E-state index contributed by atoms with van der Waals surface area (Å²) < 4.78 is 13.0. The number of imide groups is 1. The lowest BCUT2D eigenvalue weighted by Crippen LogP contribution is -2.34. The van der Waals surface area contributed by atoms with E-state index in [1.165, 1.54) is 42.6 Å². The van der Waals surface area contributed by atoms with Crippen LogP contribution >= 0.6 is 0 Å². The van der Waals surface area contributed by atoms with Crippen LogP contribution in [0.3, 0.4) is 0 Å². The maximum atomic E-state index is 13.0. The minimum Gasteiger partial charge on any atom is -0.347 e. The van der Waals surface area contributed by atoms with E-state index in [0.717, 1.165) is 6.20 Å². The molecule has 0 atom stereocenters. The molecule has 0 bridgehead atoms. The second kappa shape index (κ2) is 8.11. The minimum atomic E-state index is -1.20. The van der Waals surface area contributed by atoms with Crippen molar-refractivity contribution in [3.05, 3.63) is 94.8 Å². The molecule has 0 spiro atoms. The fraction of sp³-hybridized carbons (Fsp3) is 0.0476. The number of hydroxylamine groups is 2. The number of rotatable bonds is 5. The van der Waals surface area contributed by atoms with Gasteiger partial charge in [0.05, 0.1) is 11.1 Å². The van der Waals surface area contributed by atoms with Gasteiger partial charge in [-0.3, -0.25) is 14.4 Å². The van der Waals surface area contributed by atoms with Crippen LogP contribution < -0.4 is 5.32 Å². The SMILES string of the molecule is O=C(NCc1ccc(F)cc1)c1nccnc1C(=O)ON1C(=O)c2ccccc2C1=O. The van der Waals surface area contributed by atoms with Crippen molar-refractivity contribution >= 4 is 23.7 Å². The zero-order chi connectivity index (χ0) is 22.0. The Balaban J connectivity index is 1.50. The average Bonchev–Trinajstić information content (AvgIpc) is 3.03. The number of fused-ring (bicyclic) bond motifs is 1. The van der Waals surface area contributed by atoms with Crippen molar-refractivity contribution in [1.82, 2.24) is 20.3 Å². The van der Waals surface area contributed by atoms with Gasteiger partial charge in [0.2, 0.25) is 0 Å². The number of amides is 3. The second-order valence-corrected chi connectivity index (χ2v) is 6.39. The van der Waals surface area contributed by atoms with E-state index in [1.54, 1.807) is 12.1 Å². The Labute approximate surface area is 174 Å². The van der Waals surface area contributed by atoms with Crippen molar-refractivity contribution in [2.24, 2.45) is 0 Å². The van der Waals surface area contributed by atoms with Gasteiger partial charge in [0.1, 0.15) is 5.82 Å². The minimum absolute atomic E-state index is 0.0442. The van der Waals surface area contributed by atoms with Gasteiger partial charge >= 0.3 is 5.97 Å². The predicted molar refractivity (Wildman–Crippen MR) is 102 cm³/mol. The number of carbonyl (C=O) groups excluding carboxylic acids is 4. The summed E-state index contributed by atoms with van der Waals surface area (Å²) in [5.41, 5.74) is -0.0240. The van der Waals surface area contributed by atoms with Crippen LogP contribution in [0.1, 0.15) is 47.3 Å². The fourth-order valence-corrected chi connectivity index (χ4v) is 2.90. The molecule has 0 aliphatic carbocycles. The number of nitrogens with one attached hydrogen (secondary N) is 1. The van der Waals surface area contributed by atoms with E-state index in [9.17, 15) is 23.6 Å². The van der Waals surface area contributed by atoms with E-state index in [1.807, 2.05) is 0 Å². The monoisotopic (exact) mass is 420 g/mol. The third-order valence-corrected chi connectivity index (χ3v) is 4.40. The average molecular weight is 420 g/mol. The van der Waals surface area contributed by atoms with Crippen molar-refractivity contribution in [1.29, 1.82) is 0 Å². The molecule has 3 amide bonds. The standard InChI is InChI=1S/C21H13FN4O5/c22-13-7-5-12(6-8-13)11-25-18(27)16-17(24-10-9-23-16)21(30)31-26-19(28)14-3-1-2-4-15(14)20(26)29/h1-10H,11H2,(H,25,27). The molecular weight excluding hydrogens is 407 g/mol. The van der Waals surface area contributed by atoms with Crippen LogP contribution in [0.25, 0.3) is 0 Å². The number of hydrogen-bond acceptors (Lipinski definition) is 7. The smallest absolute Gasteiger partial charge is 0.347 e. The van der Waals surface area contributed by atoms with Gasteiger partial charge < -0.3 is 10.2 Å². The highest BCUT2D eigenvalue weighted by Gasteiger charge is 2.39. The van der Waals surface area contributed by atoms with Crippen molar-refractivity contribution in [3.8, 4) is 0 Å². The maximum absolute atomic E-state index is 13.0. The molecular formula is C21H13FN4O5. The quantitative estimate of drug-likeness (QED) is 0.627. The largest absolute Gasteiger partial charge is 0.384 e. The summed E-state index contributed by atoms with van der Waals surface area (Å²) in [5.74, 6) is -3.97.